The van der Waals surface area contributed by atoms with E-state index < -0.39 is 0 Å². The van der Waals surface area contributed by atoms with E-state index in [9.17, 15) is 5.26 Å². The van der Waals surface area contributed by atoms with Crippen molar-refractivity contribution in [2.24, 2.45) is 0 Å². The molecule has 1 aromatic rings. The molecule has 1 fully saturated rings. The van der Waals surface area contributed by atoms with Gasteiger partial charge in [0.05, 0.1) is 6.07 Å². The summed E-state index contributed by atoms with van der Waals surface area (Å²) < 4.78 is 0. The van der Waals surface area contributed by atoms with Crippen molar-refractivity contribution in [3.8, 4) is 6.07 Å². The van der Waals surface area contributed by atoms with Gasteiger partial charge < -0.3 is 0 Å². The summed E-state index contributed by atoms with van der Waals surface area (Å²) in [5.41, 5.74) is 0.732. The highest BCUT2D eigenvalue weighted by Gasteiger charge is 2.30. The van der Waals surface area contributed by atoms with Crippen LogP contribution in [0, 0.1) is 11.3 Å². The molecular weight excluding hydrogens is 293 g/mol. The zero-order chi connectivity index (χ0) is 14.7. The van der Waals surface area contributed by atoms with Gasteiger partial charge in [0, 0.05) is 41.3 Å². The van der Waals surface area contributed by atoms with Gasteiger partial charge in [-0.05, 0) is 25.6 Å². The molecule has 0 bridgehead atoms. The Bertz CT molecular complexity index is 492. The first-order valence-electron chi connectivity index (χ1n) is 6.90. The first-order valence-corrected chi connectivity index (χ1v) is 7.65. The number of rotatable bonds is 3. The van der Waals surface area contributed by atoms with Crippen molar-refractivity contribution in [3.63, 3.8) is 0 Å². The van der Waals surface area contributed by atoms with Crippen molar-refractivity contribution in [3.05, 3.63) is 33.8 Å². The van der Waals surface area contributed by atoms with E-state index in [1.807, 2.05) is 0 Å². The number of hydrogen-bond donors (Lipinski definition) is 0. The molecule has 0 N–H and O–H groups in total. The molecule has 5 heteroatoms. The largest absolute Gasteiger partial charge is 0.298 e. The normalized spacial score (nSPS) is 22.4. The number of piperazine rings is 1. The molecule has 1 saturated heterocycles. The van der Waals surface area contributed by atoms with Crippen LogP contribution in [0.2, 0.25) is 10.0 Å². The predicted octanol–water partition coefficient (Wildman–Crippen LogP) is 3.58. The average Bonchev–Trinajstić information content (AvgIpc) is 2.43. The SMILES string of the molecule is CCN1CCN(C(C#N)c2c(Cl)cccc2Cl)CC1C. The summed E-state index contributed by atoms with van der Waals surface area (Å²) in [6, 6.07) is 7.81. The highest BCUT2D eigenvalue weighted by molar-refractivity contribution is 6.36. The minimum Gasteiger partial charge on any atom is -0.298 e. The first-order chi connectivity index (χ1) is 9.58. The summed E-state index contributed by atoms with van der Waals surface area (Å²) in [6.45, 7) is 8.08. The molecule has 2 rings (SSSR count). The number of halogens is 2. The maximum atomic E-state index is 9.57. The van der Waals surface area contributed by atoms with Crippen molar-refractivity contribution < 1.29 is 0 Å². The van der Waals surface area contributed by atoms with Crippen molar-refractivity contribution >= 4 is 23.2 Å². The molecule has 0 amide bonds. The van der Waals surface area contributed by atoms with Gasteiger partial charge in [-0.3, -0.25) is 9.80 Å². The van der Waals surface area contributed by atoms with Crippen LogP contribution in [0.15, 0.2) is 18.2 Å². The van der Waals surface area contributed by atoms with Gasteiger partial charge in [0.15, 0.2) is 0 Å². The molecular formula is C15H19Cl2N3. The fourth-order valence-corrected chi connectivity index (χ4v) is 3.43. The molecule has 108 valence electrons. The van der Waals surface area contributed by atoms with Crippen molar-refractivity contribution in [1.29, 1.82) is 5.26 Å². The molecule has 0 radical (unpaired) electrons. The van der Waals surface area contributed by atoms with E-state index >= 15 is 0 Å². The highest BCUT2D eigenvalue weighted by Crippen LogP contribution is 2.34. The lowest BCUT2D eigenvalue weighted by Crippen LogP contribution is -2.52. The van der Waals surface area contributed by atoms with Crippen LogP contribution in [0.3, 0.4) is 0 Å². The Balaban J connectivity index is 2.24. The smallest absolute Gasteiger partial charge is 0.126 e. The van der Waals surface area contributed by atoms with E-state index in [1.165, 1.54) is 0 Å². The number of nitriles is 1. The van der Waals surface area contributed by atoms with Gasteiger partial charge in [-0.15, -0.1) is 0 Å². The number of nitrogens with zero attached hydrogens (tertiary/aromatic N) is 3. The molecule has 0 aliphatic carbocycles. The van der Waals surface area contributed by atoms with Crippen molar-refractivity contribution in [1.82, 2.24) is 9.80 Å². The summed E-state index contributed by atoms with van der Waals surface area (Å²) in [7, 11) is 0. The average molecular weight is 312 g/mol. The van der Waals surface area contributed by atoms with Crippen LogP contribution in [0.5, 0.6) is 0 Å². The van der Waals surface area contributed by atoms with Gasteiger partial charge >= 0.3 is 0 Å². The van der Waals surface area contributed by atoms with Crippen molar-refractivity contribution in [2.75, 3.05) is 26.2 Å². The van der Waals surface area contributed by atoms with Crippen LogP contribution in [-0.2, 0) is 0 Å². The first kappa shape index (κ1) is 15.6. The summed E-state index contributed by atoms with van der Waals surface area (Å²) in [4.78, 5) is 4.59. The van der Waals surface area contributed by atoms with Gasteiger partial charge in [-0.2, -0.15) is 5.26 Å². The quantitative estimate of drug-likeness (QED) is 0.854. The second-order valence-electron chi connectivity index (χ2n) is 5.14. The Morgan fingerprint density at radius 1 is 1.35 bits per heavy atom. The molecule has 1 heterocycles. The van der Waals surface area contributed by atoms with E-state index in [0.717, 1.165) is 31.7 Å². The van der Waals surface area contributed by atoms with E-state index in [4.69, 9.17) is 23.2 Å². The lowest BCUT2D eigenvalue weighted by molar-refractivity contribution is 0.0730. The zero-order valence-electron chi connectivity index (χ0n) is 11.8. The third kappa shape index (κ3) is 3.10. The number of benzene rings is 1. The summed E-state index contributed by atoms with van der Waals surface area (Å²) >= 11 is 12.5. The van der Waals surface area contributed by atoms with E-state index in [2.05, 4.69) is 29.7 Å². The van der Waals surface area contributed by atoms with Gasteiger partial charge in [0.2, 0.25) is 0 Å². The minimum absolute atomic E-state index is 0.377. The standard InChI is InChI=1S/C15H19Cl2N3/c1-3-19-7-8-20(10-11(19)2)14(9-18)15-12(16)5-4-6-13(15)17/h4-6,11,14H,3,7-8,10H2,1-2H3. The molecule has 3 nitrogen and oxygen atoms in total. The third-order valence-corrected chi connectivity index (χ3v) is 4.62. The van der Waals surface area contributed by atoms with Gasteiger partial charge in [0.1, 0.15) is 6.04 Å². The zero-order valence-corrected chi connectivity index (χ0v) is 13.3. The molecule has 1 aliphatic heterocycles. The van der Waals surface area contributed by atoms with Crippen LogP contribution >= 0.6 is 23.2 Å². The number of hydrogen-bond acceptors (Lipinski definition) is 3. The Morgan fingerprint density at radius 2 is 2.00 bits per heavy atom. The molecule has 0 saturated carbocycles. The Labute approximate surface area is 130 Å². The Hall–Kier alpha value is -0.790. The van der Waals surface area contributed by atoms with E-state index in [1.54, 1.807) is 18.2 Å². The summed E-state index contributed by atoms with van der Waals surface area (Å²) in [5, 5.41) is 10.7. The second-order valence-corrected chi connectivity index (χ2v) is 5.95. The highest BCUT2D eigenvalue weighted by atomic mass is 35.5. The maximum Gasteiger partial charge on any atom is 0.126 e. The Kier molecular flexibility index (Phi) is 5.29. The summed E-state index contributed by atoms with van der Waals surface area (Å²) in [6.07, 6.45) is 0. The third-order valence-electron chi connectivity index (χ3n) is 3.96. The van der Waals surface area contributed by atoms with Crippen LogP contribution < -0.4 is 0 Å². The van der Waals surface area contributed by atoms with E-state index in [0.29, 0.717) is 16.1 Å². The molecule has 2 unspecified atom stereocenters. The topological polar surface area (TPSA) is 30.3 Å². The molecule has 1 aromatic carbocycles. The molecule has 0 spiro atoms. The van der Waals surface area contributed by atoms with Crippen LogP contribution in [-0.4, -0.2) is 42.0 Å². The minimum atomic E-state index is -0.377. The lowest BCUT2D eigenvalue weighted by atomic mass is 10.0. The second kappa shape index (κ2) is 6.78. The van der Waals surface area contributed by atoms with Gasteiger partial charge in [-0.1, -0.05) is 36.2 Å². The van der Waals surface area contributed by atoms with E-state index in [-0.39, 0.29) is 6.04 Å². The molecule has 2 atom stereocenters. The van der Waals surface area contributed by atoms with Gasteiger partial charge in [-0.25, -0.2) is 0 Å². The molecule has 0 aromatic heterocycles. The molecule has 20 heavy (non-hydrogen) atoms. The maximum absolute atomic E-state index is 9.57. The lowest BCUT2D eigenvalue weighted by Gasteiger charge is -2.41. The Morgan fingerprint density at radius 3 is 2.50 bits per heavy atom. The summed E-state index contributed by atoms with van der Waals surface area (Å²) in [5.74, 6) is 0. The fraction of sp³-hybridized carbons (Fsp3) is 0.533. The van der Waals surface area contributed by atoms with Crippen LogP contribution in [0.4, 0.5) is 0 Å². The van der Waals surface area contributed by atoms with Crippen LogP contribution in [0.25, 0.3) is 0 Å². The van der Waals surface area contributed by atoms with Gasteiger partial charge in [0.25, 0.3) is 0 Å². The van der Waals surface area contributed by atoms with Crippen LogP contribution in [0.1, 0.15) is 25.5 Å². The fourth-order valence-electron chi connectivity index (χ4n) is 2.83. The predicted molar refractivity (Wildman–Crippen MR) is 83.1 cm³/mol. The molecule has 1 aliphatic rings. The number of likely N-dealkylation sites (N-methyl/N-ethyl adjacent to an activating group) is 1. The van der Waals surface area contributed by atoms with Crippen molar-refractivity contribution in [2.45, 2.75) is 25.9 Å². The monoisotopic (exact) mass is 311 g/mol.